The first-order chi connectivity index (χ1) is 16.7. The molecule has 9 nitrogen and oxygen atoms in total. The van der Waals surface area contributed by atoms with Crippen LogP contribution in [0.25, 0.3) is 10.2 Å². The van der Waals surface area contributed by atoms with Gasteiger partial charge in [0.15, 0.2) is 5.13 Å². The number of halogens is 2. The number of benzene rings is 2. The Labute approximate surface area is 210 Å². The number of rotatable bonds is 9. The maximum absolute atomic E-state index is 13.6. The fourth-order valence-corrected chi connectivity index (χ4v) is 4.40. The lowest BCUT2D eigenvalue weighted by atomic mass is 10.1. The average Bonchev–Trinajstić information content (AvgIpc) is 3.22. The molecule has 0 aliphatic carbocycles. The fourth-order valence-electron chi connectivity index (χ4n) is 3.25. The van der Waals surface area contributed by atoms with E-state index in [9.17, 15) is 24.2 Å². The van der Waals surface area contributed by atoms with Crippen LogP contribution in [0.1, 0.15) is 17.5 Å². The molecule has 0 aliphatic rings. The Morgan fingerprint density at radius 2 is 2.09 bits per heavy atom. The zero-order valence-corrected chi connectivity index (χ0v) is 20.7. The van der Waals surface area contributed by atoms with Crippen molar-refractivity contribution in [3.8, 4) is 0 Å². The lowest BCUT2D eigenvalue weighted by Crippen LogP contribution is -2.47. The lowest BCUT2D eigenvalue weighted by molar-refractivity contribution is 0.0480. The summed E-state index contributed by atoms with van der Waals surface area (Å²) >= 11 is 7.22. The van der Waals surface area contributed by atoms with Crippen molar-refractivity contribution in [3.63, 3.8) is 0 Å². The minimum Gasteiger partial charge on any atom is -0.447 e. The molecule has 0 unspecified atom stereocenters. The van der Waals surface area contributed by atoms with Gasteiger partial charge in [-0.3, -0.25) is 5.32 Å². The van der Waals surface area contributed by atoms with E-state index >= 15 is 0 Å². The highest BCUT2D eigenvalue weighted by molar-refractivity contribution is 7.22. The van der Waals surface area contributed by atoms with Crippen LogP contribution in [0.15, 0.2) is 36.4 Å². The van der Waals surface area contributed by atoms with Crippen molar-refractivity contribution >= 4 is 50.4 Å². The minimum atomic E-state index is -1.13. The lowest BCUT2D eigenvalue weighted by Gasteiger charge is -2.29. The molecule has 0 bridgehead atoms. The number of likely N-dealkylation sites (N-methyl/N-ethyl adjacent to an activating group) is 1. The van der Waals surface area contributed by atoms with E-state index in [1.165, 1.54) is 35.4 Å². The van der Waals surface area contributed by atoms with Crippen molar-refractivity contribution in [3.05, 3.63) is 58.4 Å². The molecule has 3 rings (SSSR count). The smallest absolute Gasteiger partial charge is 0.413 e. The van der Waals surface area contributed by atoms with Crippen LogP contribution in [0, 0.1) is 12.7 Å². The van der Waals surface area contributed by atoms with Crippen LogP contribution < -0.4 is 10.6 Å². The number of urea groups is 1. The number of nitrogens with zero attached hydrogens (tertiary/aromatic N) is 2. The number of ether oxygens (including phenoxy) is 1. The SMILES string of the molecule is Cc1ccc2nc(NC(=O)OC[C@H](C[C@@H](O)CO)N(C)C(=O)NCc3cccc(F)c3Cl)sc2c1. The number of nitrogens with one attached hydrogen (secondary N) is 2. The Morgan fingerprint density at radius 1 is 1.31 bits per heavy atom. The Kier molecular flexibility index (Phi) is 9.21. The summed E-state index contributed by atoms with van der Waals surface area (Å²) in [5, 5.41) is 24.6. The Balaban J connectivity index is 1.59. The molecule has 0 saturated heterocycles. The van der Waals surface area contributed by atoms with Gasteiger partial charge in [-0.05, 0) is 42.7 Å². The van der Waals surface area contributed by atoms with E-state index in [2.05, 4.69) is 15.6 Å². The van der Waals surface area contributed by atoms with Gasteiger partial charge in [-0.15, -0.1) is 0 Å². The molecule has 1 heterocycles. The van der Waals surface area contributed by atoms with Gasteiger partial charge in [0.05, 0.1) is 34.0 Å². The van der Waals surface area contributed by atoms with Crippen LogP contribution in [0.2, 0.25) is 5.02 Å². The molecule has 0 radical (unpaired) electrons. The standard InChI is InChI=1S/C23H26ClFN4O5S/c1-13-6-7-18-19(8-13)35-21(27-18)28-23(33)34-12-15(9-16(31)11-30)29(2)22(32)26-10-14-4-3-5-17(25)20(14)24/h3-8,15-16,30-31H,9-12H2,1-2H3,(H,26,32)(H,27,28,33)/t15-,16+/m0/s1. The molecule has 0 fully saturated rings. The number of anilines is 1. The molecule has 188 valence electrons. The second-order valence-corrected chi connectivity index (χ2v) is 9.33. The van der Waals surface area contributed by atoms with Crippen LogP contribution in [0.3, 0.4) is 0 Å². The van der Waals surface area contributed by atoms with E-state index in [4.69, 9.17) is 16.3 Å². The summed E-state index contributed by atoms with van der Waals surface area (Å²) in [6.07, 6.45) is -1.95. The number of aliphatic hydroxyl groups is 2. The fraction of sp³-hybridized carbons (Fsp3) is 0.348. The highest BCUT2D eigenvalue weighted by Gasteiger charge is 2.25. The number of carbonyl (C=O) groups is 2. The summed E-state index contributed by atoms with van der Waals surface area (Å²) in [5.74, 6) is -0.599. The monoisotopic (exact) mass is 524 g/mol. The van der Waals surface area contributed by atoms with Crippen LogP contribution in [0.4, 0.5) is 19.1 Å². The summed E-state index contributed by atoms with van der Waals surface area (Å²) in [5.41, 5.74) is 2.21. The molecule has 3 aromatic rings. The molecular weight excluding hydrogens is 499 g/mol. The molecule has 2 aromatic carbocycles. The zero-order chi connectivity index (χ0) is 25.5. The minimum absolute atomic E-state index is 0.0343. The van der Waals surface area contributed by atoms with E-state index in [1.54, 1.807) is 6.07 Å². The third kappa shape index (κ3) is 7.25. The maximum atomic E-state index is 13.6. The Morgan fingerprint density at radius 3 is 2.83 bits per heavy atom. The van der Waals surface area contributed by atoms with Crippen LogP contribution in [0.5, 0.6) is 0 Å². The topological polar surface area (TPSA) is 124 Å². The van der Waals surface area contributed by atoms with Gasteiger partial charge in [0.25, 0.3) is 0 Å². The third-order valence-electron chi connectivity index (χ3n) is 5.24. The number of hydrogen-bond acceptors (Lipinski definition) is 7. The highest BCUT2D eigenvalue weighted by Crippen LogP contribution is 2.26. The van der Waals surface area contributed by atoms with Gasteiger partial charge < -0.3 is 25.2 Å². The average molecular weight is 525 g/mol. The molecule has 12 heteroatoms. The van der Waals surface area contributed by atoms with E-state index in [-0.39, 0.29) is 24.6 Å². The van der Waals surface area contributed by atoms with E-state index in [0.717, 1.165) is 15.8 Å². The van der Waals surface area contributed by atoms with Crippen molar-refractivity contribution in [2.75, 3.05) is 25.6 Å². The highest BCUT2D eigenvalue weighted by atomic mass is 35.5. The number of aryl methyl sites for hydroxylation is 1. The first-order valence-corrected chi connectivity index (χ1v) is 11.9. The van der Waals surface area contributed by atoms with Gasteiger partial charge in [-0.2, -0.15) is 0 Å². The summed E-state index contributed by atoms with van der Waals surface area (Å²) in [7, 11) is 1.45. The maximum Gasteiger partial charge on any atom is 0.413 e. The molecule has 0 saturated carbocycles. The summed E-state index contributed by atoms with van der Waals surface area (Å²) in [4.78, 5) is 30.6. The predicted molar refractivity (Wildman–Crippen MR) is 132 cm³/mol. The van der Waals surface area contributed by atoms with Crippen LogP contribution in [-0.2, 0) is 11.3 Å². The number of carbonyl (C=O) groups excluding carboxylic acids is 2. The molecule has 4 N–H and O–H groups in total. The molecular formula is C23H26ClFN4O5S. The molecule has 0 spiro atoms. The third-order valence-corrected chi connectivity index (χ3v) is 6.60. The van der Waals surface area contributed by atoms with Gasteiger partial charge in [0.1, 0.15) is 12.4 Å². The van der Waals surface area contributed by atoms with Crippen molar-refractivity contribution in [2.45, 2.75) is 32.0 Å². The molecule has 2 atom stereocenters. The van der Waals surface area contributed by atoms with Crippen molar-refractivity contribution in [1.29, 1.82) is 0 Å². The number of amides is 3. The summed E-state index contributed by atoms with van der Waals surface area (Å²) in [6, 6.07) is 8.68. The Hall–Kier alpha value is -2.99. The summed E-state index contributed by atoms with van der Waals surface area (Å²) in [6.45, 7) is 1.15. The number of hydrogen-bond donors (Lipinski definition) is 4. The normalized spacial score (nSPS) is 12.7. The van der Waals surface area contributed by atoms with E-state index < -0.39 is 36.7 Å². The predicted octanol–water partition coefficient (Wildman–Crippen LogP) is 3.90. The number of aromatic nitrogens is 1. The zero-order valence-electron chi connectivity index (χ0n) is 19.1. The first kappa shape index (κ1) is 26.6. The number of thiazole rings is 1. The van der Waals surface area contributed by atoms with Crippen molar-refractivity contribution < 1.29 is 28.9 Å². The first-order valence-electron chi connectivity index (χ1n) is 10.7. The second kappa shape index (κ2) is 12.1. The van der Waals surface area contributed by atoms with E-state index in [1.807, 2.05) is 25.1 Å². The van der Waals surface area contributed by atoms with Gasteiger partial charge in [-0.25, -0.2) is 19.0 Å². The van der Waals surface area contributed by atoms with E-state index in [0.29, 0.717) is 10.7 Å². The summed E-state index contributed by atoms with van der Waals surface area (Å²) < 4.78 is 19.8. The van der Waals surface area contributed by atoms with Gasteiger partial charge in [0, 0.05) is 13.6 Å². The quantitative estimate of drug-likeness (QED) is 0.336. The van der Waals surface area contributed by atoms with Gasteiger partial charge in [0.2, 0.25) is 0 Å². The second-order valence-electron chi connectivity index (χ2n) is 7.92. The molecule has 0 aliphatic heterocycles. The van der Waals surface area contributed by atoms with Crippen LogP contribution >= 0.6 is 22.9 Å². The van der Waals surface area contributed by atoms with Crippen molar-refractivity contribution in [1.82, 2.24) is 15.2 Å². The largest absolute Gasteiger partial charge is 0.447 e. The number of aliphatic hydroxyl groups excluding tert-OH is 2. The van der Waals surface area contributed by atoms with Crippen molar-refractivity contribution in [2.24, 2.45) is 0 Å². The molecule has 35 heavy (non-hydrogen) atoms. The van der Waals surface area contributed by atoms with Gasteiger partial charge >= 0.3 is 12.1 Å². The van der Waals surface area contributed by atoms with Gasteiger partial charge in [-0.1, -0.05) is 41.1 Å². The van der Waals surface area contributed by atoms with Crippen LogP contribution in [-0.4, -0.2) is 64.6 Å². The molecule has 3 amide bonds. The molecule has 1 aromatic heterocycles. The number of fused-ring (bicyclic) bond motifs is 1. The Bertz CT molecular complexity index is 1190.